The number of nitrogens with one attached hydrogen (secondary N) is 2. The van der Waals surface area contributed by atoms with Crippen molar-refractivity contribution >= 4 is 52.8 Å². The van der Waals surface area contributed by atoms with Crippen LogP contribution in [-0.4, -0.2) is 106 Å². The average Bonchev–Trinajstić information content (AvgIpc) is 2.56. The first-order valence-corrected chi connectivity index (χ1v) is 26.1. The van der Waals surface area contributed by atoms with E-state index in [0.29, 0.717) is 48.7 Å². The molecule has 0 aliphatic carbocycles. The van der Waals surface area contributed by atoms with Gasteiger partial charge in [0, 0.05) is 42.0 Å². The van der Waals surface area contributed by atoms with Crippen molar-refractivity contribution < 1.29 is 57.6 Å². The van der Waals surface area contributed by atoms with Crippen molar-refractivity contribution in [2.24, 2.45) is 11.8 Å². The topological polar surface area (TPSA) is 203 Å². The van der Waals surface area contributed by atoms with Crippen LogP contribution < -0.4 is 25.2 Å². The lowest BCUT2D eigenvalue weighted by Crippen LogP contribution is -2.55. The molecule has 17 heteroatoms. The van der Waals surface area contributed by atoms with Gasteiger partial charge in [0.25, 0.3) is 0 Å². The highest BCUT2D eigenvalue weighted by atomic mass is 16.6. The van der Waals surface area contributed by atoms with Crippen molar-refractivity contribution in [3.05, 3.63) is 191 Å². The van der Waals surface area contributed by atoms with E-state index < -0.39 is 83.3 Å². The van der Waals surface area contributed by atoms with Gasteiger partial charge in [-0.2, -0.15) is 0 Å². The number of morpholine rings is 2. The van der Waals surface area contributed by atoms with Gasteiger partial charge in [-0.25, -0.2) is 9.69 Å². The first-order valence-electron chi connectivity index (χ1n) is 26.1. The molecule has 4 amide bonds. The summed E-state index contributed by atoms with van der Waals surface area (Å²) >= 11 is 0. The van der Waals surface area contributed by atoms with Crippen LogP contribution in [0.25, 0.3) is 0 Å². The lowest BCUT2D eigenvalue weighted by molar-refractivity contribution is -0.178. The number of benzene rings is 6. The number of carbonyl (C=O) groups is 6. The fourth-order valence-electron chi connectivity index (χ4n) is 11.6. The minimum absolute atomic E-state index is 0.103. The molecule has 3 saturated heterocycles. The standard InChI is InChI=1S/C62H59N5O12/c1-39(41-17-7-4-8-18-41)63-61(74)66-49-31-26-40(16-15-24-47(57(70)75-2)58(71)76-3)38-48(49)62(60(66)73)51(56(69)64-44-27-29-45(30-28-44)65-32-35-77-36-33-65)53-59(72)79-54(43-21-11-6-12-22-43)52(42-19-9-5-10-20-42)67(53)55(62)46-23-13-14-25-50(46)78-37-34-68/h4-14,17-23,25-31,38-39,47,51-55,68H,24,32-37H2,1-3H3,(H,63,74)(H,64,69). The molecular formula is C62H59N5O12. The SMILES string of the molecule is COC(=O)C(CC#Cc1ccc2c(c1)C1(C(=O)N2C(=O)NC(C)c2ccccc2)C(C(=O)Nc2ccc(N3CCOCC3)cc2)C2C(=O)OC(c3ccccc3)C(c3ccccc3)N2C1c1ccccc1OCCO)C(=O)OC. The summed E-state index contributed by atoms with van der Waals surface area (Å²) in [7, 11) is 2.30. The minimum atomic E-state index is -2.22. The van der Waals surface area contributed by atoms with Crippen molar-refractivity contribution in [1.29, 1.82) is 0 Å². The number of urea groups is 1. The van der Waals surface area contributed by atoms with Gasteiger partial charge in [0.1, 0.15) is 29.9 Å². The molecule has 1 spiro atoms. The number of methoxy groups -OCH3 is 2. The third-order valence-corrected chi connectivity index (χ3v) is 15.2. The molecule has 404 valence electrons. The van der Waals surface area contributed by atoms with E-state index in [1.54, 1.807) is 61.5 Å². The fraction of sp³-hybridized carbons (Fsp3) is 0.290. The van der Waals surface area contributed by atoms with E-state index in [9.17, 15) is 14.7 Å². The molecule has 3 N–H and O–H groups in total. The van der Waals surface area contributed by atoms with Crippen molar-refractivity contribution in [1.82, 2.24) is 10.2 Å². The number of aliphatic hydroxyl groups excluding tert-OH is 1. The molecule has 0 aromatic heterocycles. The molecule has 0 saturated carbocycles. The molecular weight excluding hydrogens is 1010 g/mol. The van der Waals surface area contributed by atoms with Crippen LogP contribution in [0.2, 0.25) is 0 Å². The van der Waals surface area contributed by atoms with E-state index in [4.69, 9.17) is 23.7 Å². The summed E-state index contributed by atoms with van der Waals surface area (Å²) in [6.07, 6.45) is -1.31. The zero-order valence-corrected chi connectivity index (χ0v) is 43.8. The molecule has 7 atom stereocenters. The van der Waals surface area contributed by atoms with E-state index in [0.717, 1.165) is 30.4 Å². The summed E-state index contributed by atoms with van der Waals surface area (Å²) in [6.45, 7) is 3.73. The predicted molar refractivity (Wildman–Crippen MR) is 291 cm³/mol. The number of para-hydroxylation sites is 1. The molecule has 4 heterocycles. The van der Waals surface area contributed by atoms with Gasteiger partial charge in [0.2, 0.25) is 11.8 Å². The highest BCUT2D eigenvalue weighted by molar-refractivity contribution is 6.25. The highest BCUT2D eigenvalue weighted by Gasteiger charge is 2.76. The summed E-state index contributed by atoms with van der Waals surface area (Å²) in [4.78, 5) is 95.0. The second kappa shape index (κ2) is 23.4. The quantitative estimate of drug-likeness (QED) is 0.0422. The molecule has 0 bridgehead atoms. The van der Waals surface area contributed by atoms with Crippen molar-refractivity contribution in [2.75, 3.05) is 68.9 Å². The molecule has 6 aromatic carbocycles. The Hall–Kier alpha value is -8.82. The minimum Gasteiger partial charge on any atom is -0.491 e. The first-order chi connectivity index (χ1) is 38.5. The van der Waals surface area contributed by atoms with Gasteiger partial charge < -0.3 is 44.3 Å². The van der Waals surface area contributed by atoms with E-state index in [2.05, 4.69) is 27.4 Å². The van der Waals surface area contributed by atoms with Crippen LogP contribution in [0.15, 0.2) is 158 Å². The average molecular weight is 1070 g/mol. The second-order valence-corrected chi connectivity index (χ2v) is 19.6. The molecule has 0 radical (unpaired) electrons. The summed E-state index contributed by atoms with van der Waals surface area (Å²) in [5.74, 6) is -0.910. The Morgan fingerprint density at radius 1 is 0.772 bits per heavy atom. The molecule has 6 aromatic rings. The number of esters is 3. The Labute approximate surface area is 457 Å². The zero-order chi connectivity index (χ0) is 55.2. The van der Waals surface area contributed by atoms with E-state index >= 15 is 19.2 Å². The lowest BCUT2D eigenvalue weighted by Gasteiger charge is -2.46. The van der Waals surface area contributed by atoms with Gasteiger partial charge in [-0.1, -0.05) is 121 Å². The summed E-state index contributed by atoms with van der Waals surface area (Å²) in [6, 6.07) is 41.6. The third-order valence-electron chi connectivity index (χ3n) is 15.2. The summed E-state index contributed by atoms with van der Waals surface area (Å²) < 4.78 is 28.4. The van der Waals surface area contributed by atoms with Crippen LogP contribution >= 0.6 is 0 Å². The Morgan fingerprint density at radius 3 is 2.06 bits per heavy atom. The maximum absolute atomic E-state index is 17.0. The van der Waals surface area contributed by atoms with E-state index in [1.807, 2.05) is 108 Å². The third kappa shape index (κ3) is 10.2. The zero-order valence-electron chi connectivity index (χ0n) is 43.8. The van der Waals surface area contributed by atoms with E-state index in [-0.39, 0.29) is 42.2 Å². The lowest BCUT2D eigenvalue weighted by atomic mass is 9.65. The number of aliphatic hydroxyl groups is 1. The monoisotopic (exact) mass is 1070 g/mol. The number of anilines is 3. The number of amides is 4. The molecule has 7 unspecified atom stereocenters. The number of hydrogen-bond donors (Lipinski definition) is 3. The smallest absolute Gasteiger partial charge is 0.329 e. The molecule has 17 nitrogen and oxygen atoms in total. The largest absolute Gasteiger partial charge is 0.491 e. The number of carbonyl (C=O) groups excluding carboxylic acids is 6. The Bertz CT molecular complexity index is 3280. The molecule has 10 rings (SSSR count). The molecule has 79 heavy (non-hydrogen) atoms. The van der Waals surface area contributed by atoms with Crippen molar-refractivity contribution in [3.63, 3.8) is 0 Å². The van der Waals surface area contributed by atoms with Gasteiger partial charge in [0.15, 0.2) is 5.92 Å². The summed E-state index contributed by atoms with van der Waals surface area (Å²) in [5, 5.41) is 16.4. The van der Waals surface area contributed by atoms with E-state index in [1.165, 1.54) is 0 Å². The second-order valence-electron chi connectivity index (χ2n) is 19.6. The number of nitrogens with zero attached hydrogens (tertiary/aromatic N) is 3. The van der Waals surface area contributed by atoms with Crippen molar-refractivity contribution in [3.8, 4) is 17.6 Å². The maximum atomic E-state index is 17.0. The summed E-state index contributed by atoms with van der Waals surface area (Å²) in [5.41, 5.74) is 2.03. The number of ether oxygens (including phenoxy) is 5. The molecule has 3 fully saturated rings. The maximum Gasteiger partial charge on any atom is 0.329 e. The Kier molecular flexibility index (Phi) is 15.9. The number of rotatable bonds is 14. The fourth-order valence-corrected chi connectivity index (χ4v) is 11.6. The normalized spacial score (nSPS) is 21.7. The van der Waals surface area contributed by atoms with Crippen LogP contribution in [0.4, 0.5) is 21.9 Å². The van der Waals surface area contributed by atoms with Gasteiger partial charge in [0.05, 0.1) is 63.8 Å². The van der Waals surface area contributed by atoms with Crippen LogP contribution in [0, 0.1) is 23.7 Å². The predicted octanol–water partition coefficient (Wildman–Crippen LogP) is 7.37. The Morgan fingerprint density at radius 2 is 1.41 bits per heavy atom. The Balaban J connectivity index is 1.24. The van der Waals surface area contributed by atoms with Crippen LogP contribution in [0.3, 0.4) is 0 Å². The first kappa shape index (κ1) is 53.6. The molecule has 4 aliphatic heterocycles. The highest BCUT2D eigenvalue weighted by Crippen LogP contribution is 2.67. The number of cyclic esters (lactones) is 1. The van der Waals surface area contributed by atoms with Crippen LogP contribution in [-0.2, 0) is 48.3 Å². The van der Waals surface area contributed by atoms with Gasteiger partial charge in [-0.15, -0.1) is 0 Å². The van der Waals surface area contributed by atoms with Gasteiger partial charge in [-0.3, -0.25) is 28.9 Å². The number of imide groups is 1. The van der Waals surface area contributed by atoms with Crippen LogP contribution in [0.5, 0.6) is 5.75 Å². The molecule has 4 aliphatic rings. The van der Waals surface area contributed by atoms with Gasteiger partial charge in [-0.05, 0) is 77.7 Å². The number of fused-ring (bicyclic) bond motifs is 3. The van der Waals surface area contributed by atoms with Crippen LogP contribution in [0.1, 0.15) is 71.0 Å². The van der Waals surface area contributed by atoms with Gasteiger partial charge >= 0.3 is 23.9 Å². The number of hydrogen-bond acceptors (Lipinski definition) is 14. The van der Waals surface area contributed by atoms with Crippen molar-refractivity contribution in [2.45, 2.75) is 49.0 Å².